The van der Waals surface area contributed by atoms with E-state index in [0.29, 0.717) is 13.2 Å². The molecule has 1 aromatic rings. The van der Waals surface area contributed by atoms with E-state index in [1.165, 1.54) is 5.56 Å². The molecule has 0 bridgehead atoms. The Labute approximate surface area is 89.1 Å². The van der Waals surface area contributed by atoms with Crippen LogP contribution in [0.5, 0.6) is 0 Å². The molecule has 0 atom stereocenters. The highest BCUT2D eigenvalue weighted by Gasteiger charge is 2.11. The number of rotatable bonds is 2. The van der Waals surface area contributed by atoms with E-state index in [1.54, 1.807) is 6.07 Å². The van der Waals surface area contributed by atoms with Gasteiger partial charge < -0.3 is 4.74 Å². The minimum Gasteiger partial charge on any atom is -0.376 e. The zero-order valence-corrected chi connectivity index (χ0v) is 9.09. The lowest BCUT2D eigenvalue weighted by Crippen LogP contribution is -2.15. The zero-order chi connectivity index (χ0) is 10.9. The first-order valence-electron chi connectivity index (χ1n) is 4.73. The quantitative estimate of drug-likeness (QED) is 0.802. The molecular formula is C10H13NO3S. The fourth-order valence-corrected chi connectivity index (χ4v) is 2.38. The molecule has 15 heavy (non-hydrogen) atoms. The summed E-state index contributed by atoms with van der Waals surface area (Å²) < 4.78 is 27.1. The molecule has 0 amide bonds. The smallest absolute Gasteiger partial charge is 0.213 e. The van der Waals surface area contributed by atoms with E-state index in [2.05, 4.69) is 0 Å². The maximum absolute atomic E-state index is 10.9. The van der Waals surface area contributed by atoms with Gasteiger partial charge in [-0.3, -0.25) is 0 Å². The van der Waals surface area contributed by atoms with E-state index in [1.807, 2.05) is 12.1 Å². The predicted octanol–water partition coefficient (Wildman–Crippen LogP) is 0.548. The van der Waals surface area contributed by atoms with Gasteiger partial charge in [0.25, 0.3) is 0 Å². The van der Waals surface area contributed by atoms with Crippen LogP contribution in [0.15, 0.2) is 18.2 Å². The fourth-order valence-electron chi connectivity index (χ4n) is 1.74. The molecule has 0 aromatic heterocycles. The lowest BCUT2D eigenvalue weighted by atomic mass is 10.0. The highest BCUT2D eigenvalue weighted by Crippen LogP contribution is 2.19. The van der Waals surface area contributed by atoms with Crippen molar-refractivity contribution in [1.29, 1.82) is 0 Å². The summed E-state index contributed by atoms with van der Waals surface area (Å²) in [6.45, 7) is 1.32. The molecule has 1 heterocycles. The number of hydrogen-bond donors (Lipinski definition) is 1. The van der Waals surface area contributed by atoms with Crippen molar-refractivity contribution in [2.45, 2.75) is 18.8 Å². The lowest BCUT2D eigenvalue weighted by molar-refractivity contribution is 0.110. The standard InChI is InChI=1S/C10H13NO3S/c11-15(12,13)7-8-1-2-10-6-14-4-3-9(10)5-8/h1-2,5H,3-4,6-7H2,(H2,11,12,13). The van der Waals surface area contributed by atoms with E-state index in [4.69, 9.17) is 9.88 Å². The van der Waals surface area contributed by atoms with Gasteiger partial charge in [0.15, 0.2) is 0 Å². The van der Waals surface area contributed by atoms with Crippen LogP contribution in [0.25, 0.3) is 0 Å². The first-order valence-corrected chi connectivity index (χ1v) is 6.45. The third-order valence-electron chi connectivity index (χ3n) is 2.41. The van der Waals surface area contributed by atoms with Crippen molar-refractivity contribution in [1.82, 2.24) is 0 Å². The molecule has 1 aliphatic heterocycles. The van der Waals surface area contributed by atoms with Crippen LogP contribution in [-0.4, -0.2) is 15.0 Å². The highest BCUT2D eigenvalue weighted by molar-refractivity contribution is 7.88. The van der Waals surface area contributed by atoms with E-state index >= 15 is 0 Å². The first-order chi connectivity index (χ1) is 7.04. The SMILES string of the molecule is NS(=O)(=O)Cc1ccc2c(c1)CCOC2. The molecule has 2 N–H and O–H groups in total. The molecule has 1 aromatic carbocycles. The Morgan fingerprint density at radius 2 is 2.13 bits per heavy atom. The number of fused-ring (bicyclic) bond motifs is 1. The second-order valence-electron chi connectivity index (χ2n) is 3.71. The van der Waals surface area contributed by atoms with Crippen molar-refractivity contribution in [3.63, 3.8) is 0 Å². The molecule has 0 unspecified atom stereocenters. The Balaban J connectivity index is 2.28. The van der Waals surface area contributed by atoms with Crippen LogP contribution in [0.3, 0.4) is 0 Å². The van der Waals surface area contributed by atoms with E-state index in [9.17, 15) is 8.42 Å². The summed E-state index contributed by atoms with van der Waals surface area (Å²) in [6, 6.07) is 5.61. The topological polar surface area (TPSA) is 69.4 Å². The Morgan fingerprint density at radius 1 is 1.33 bits per heavy atom. The highest BCUT2D eigenvalue weighted by atomic mass is 32.2. The fraction of sp³-hybridized carbons (Fsp3) is 0.400. The maximum Gasteiger partial charge on any atom is 0.213 e. The molecule has 0 spiro atoms. The van der Waals surface area contributed by atoms with Crippen LogP contribution in [0.4, 0.5) is 0 Å². The van der Waals surface area contributed by atoms with Gasteiger partial charge in [-0.25, -0.2) is 13.6 Å². The van der Waals surface area contributed by atoms with Gasteiger partial charge >= 0.3 is 0 Å². The van der Waals surface area contributed by atoms with Crippen molar-refractivity contribution < 1.29 is 13.2 Å². The Morgan fingerprint density at radius 3 is 2.87 bits per heavy atom. The largest absolute Gasteiger partial charge is 0.376 e. The number of ether oxygens (including phenoxy) is 1. The molecule has 4 nitrogen and oxygen atoms in total. The maximum atomic E-state index is 10.9. The van der Waals surface area contributed by atoms with Gasteiger partial charge in [0.1, 0.15) is 0 Å². The molecule has 0 radical (unpaired) electrons. The molecular weight excluding hydrogens is 214 g/mol. The summed E-state index contributed by atoms with van der Waals surface area (Å²) in [4.78, 5) is 0. The van der Waals surface area contributed by atoms with Crippen LogP contribution in [0.1, 0.15) is 16.7 Å². The van der Waals surface area contributed by atoms with E-state index in [-0.39, 0.29) is 5.75 Å². The Bertz CT molecular complexity index is 468. The third kappa shape index (κ3) is 2.77. The Kier molecular flexibility index (Phi) is 2.77. The summed E-state index contributed by atoms with van der Waals surface area (Å²) in [5.74, 6) is -0.0961. The average Bonchev–Trinajstić information content (AvgIpc) is 2.15. The predicted molar refractivity (Wildman–Crippen MR) is 56.6 cm³/mol. The van der Waals surface area contributed by atoms with Gasteiger partial charge in [-0.1, -0.05) is 18.2 Å². The van der Waals surface area contributed by atoms with Crippen LogP contribution in [0.2, 0.25) is 0 Å². The van der Waals surface area contributed by atoms with E-state index < -0.39 is 10.0 Å². The molecule has 0 saturated heterocycles. The van der Waals surface area contributed by atoms with Crippen LogP contribution in [0, 0.1) is 0 Å². The number of hydrogen-bond acceptors (Lipinski definition) is 3. The monoisotopic (exact) mass is 227 g/mol. The third-order valence-corrected chi connectivity index (χ3v) is 3.15. The summed E-state index contributed by atoms with van der Waals surface area (Å²) in [5, 5.41) is 4.99. The number of primary sulfonamides is 1. The normalized spacial score (nSPS) is 16.1. The zero-order valence-electron chi connectivity index (χ0n) is 8.27. The van der Waals surface area contributed by atoms with Gasteiger partial charge in [0.05, 0.1) is 19.0 Å². The minimum absolute atomic E-state index is 0.0961. The first kappa shape index (κ1) is 10.6. The van der Waals surface area contributed by atoms with Crippen molar-refractivity contribution in [2.24, 2.45) is 5.14 Å². The molecule has 0 saturated carbocycles. The summed E-state index contributed by atoms with van der Waals surface area (Å²) in [7, 11) is -3.43. The van der Waals surface area contributed by atoms with Crippen LogP contribution < -0.4 is 5.14 Å². The molecule has 0 aliphatic carbocycles. The van der Waals surface area contributed by atoms with Crippen LogP contribution >= 0.6 is 0 Å². The van der Waals surface area contributed by atoms with Gasteiger partial charge in [-0.2, -0.15) is 0 Å². The van der Waals surface area contributed by atoms with Crippen molar-refractivity contribution in [3.8, 4) is 0 Å². The molecule has 82 valence electrons. The summed E-state index contributed by atoms with van der Waals surface area (Å²) in [5.41, 5.74) is 3.06. The van der Waals surface area contributed by atoms with Gasteiger partial charge in [-0.05, 0) is 23.1 Å². The number of sulfonamides is 1. The minimum atomic E-state index is -3.43. The van der Waals surface area contributed by atoms with Crippen molar-refractivity contribution >= 4 is 10.0 Å². The molecule has 2 rings (SSSR count). The molecule has 5 heteroatoms. The number of benzene rings is 1. The average molecular weight is 227 g/mol. The second-order valence-corrected chi connectivity index (χ2v) is 5.33. The van der Waals surface area contributed by atoms with Crippen molar-refractivity contribution in [2.75, 3.05) is 6.61 Å². The summed E-state index contributed by atoms with van der Waals surface area (Å²) >= 11 is 0. The van der Waals surface area contributed by atoms with Crippen LogP contribution in [-0.2, 0) is 33.5 Å². The molecule has 0 fully saturated rings. The van der Waals surface area contributed by atoms with Gasteiger partial charge in [0, 0.05) is 0 Å². The van der Waals surface area contributed by atoms with Gasteiger partial charge in [0.2, 0.25) is 10.0 Å². The molecule has 1 aliphatic rings. The summed E-state index contributed by atoms with van der Waals surface area (Å²) in [6.07, 6.45) is 0.841. The lowest BCUT2D eigenvalue weighted by Gasteiger charge is -2.16. The second kappa shape index (κ2) is 3.92. The van der Waals surface area contributed by atoms with E-state index in [0.717, 1.165) is 17.5 Å². The van der Waals surface area contributed by atoms with Crippen molar-refractivity contribution in [3.05, 3.63) is 34.9 Å². The Hall–Kier alpha value is -0.910. The number of nitrogens with two attached hydrogens (primary N) is 1. The van der Waals surface area contributed by atoms with Gasteiger partial charge in [-0.15, -0.1) is 0 Å².